The SMILES string of the molecule is CC[C@H](C)[C@@H]([C@@H](CC(=O)N1CCC[C@H]1[C@H](OC)[C@@H](C)C(=O)C[C@H](C)[C@@H](O)c1ccccc1)OC)N(C)C(=O)[C@@H](CC(=O)[C@H](C(C)C)N(C)C(=O)OCc1ccc(CC(=O)CCCCCN2C(=O)CC(C)C2=O)cc1)C(C)C. The van der Waals surface area contributed by atoms with Crippen molar-refractivity contribution in [2.24, 2.45) is 41.4 Å². The highest BCUT2D eigenvalue weighted by atomic mass is 16.6. The van der Waals surface area contributed by atoms with E-state index in [9.17, 15) is 43.5 Å². The number of unbranched alkanes of at least 4 members (excludes halogenated alkanes) is 2. The number of ketones is 3. The van der Waals surface area contributed by atoms with Crippen LogP contribution in [0.1, 0.15) is 156 Å². The van der Waals surface area contributed by atoms with Gasteiger partial charge in [0.05, 0.1) is 42.9 Å². The number of benzene rings is 2. The number of aliphatic hydroxyl groups excluding tert-OH is 1. The van der Waals surface area contributed by atoms with Crippen molar-refractivity contribution in [3.63, 3.8) is 0 Å². The van der Waals surface area contributed by atoms with E-state index >= 15 is 0 Å². The van der Waals surface area contributed by atoms with Crippen molar-refractivity contribution in [3.8, 4) is 0 Å². The Bertz CT molecular complexity index is 2270. The Morgan fingerprint density at radius 1 is 0.766 bits per heavy atom. The van der Waals surface area contributed by atoms with Gasteiger partial charge in [0.1, 0.15) is 18.2 Å². The zero-order valence-corrected chi connectivity index (χ0v) is 48.5. The summed E-state index contributed by atoms with van der Waals surface area (Å²) in [5.41, 5.74) is 2.28. The summed E-state index contributed by atoms with van der Waals surface area (Å²) in [6.07, 6.45) is 2.30. The summed E-state index contributed by atoms with van der Waals surface area (Å²) < 4.78 is 17.8. The smallest absolute Gasteiger partial charge is 0.410 e. The maximum Gasteiger partial charge on any atom is 0.410 e. The first-order chi connectivity index (χ1) is 36.5. The third-order valence-corrected chi connectivity index (χ3v) is 16.4. The molecule has 0 aromatic heterocycles. The lowest BCUT2D eigenvalue weighted by Crippen LogP contribution is -2.54. The lowest BCUT2D eigenvalue weighted by molar-refractivity contribution is -0.149. The van der Waals surface area contributed by atoms with Gasteiger partial charge >= 0.3 is 6.09 Å². The Morgan fingerprint density at radius 2 is 1.42 bits per heavy atom. The summed E-state index contributed by atoms with van der Waals surface area (Å²) in [5, 5.41) is 11.0. The maximum atomic E-state index is 14.8. The van der Waals surface area contributed by atoms with E-state index in [0.29, 0.717) is 50.8 Å². The number of rotatable bonds is 32. The number of hydrogen-bond donors (Lipinski definition) is 1. The summed E-state index contributed by atoms with van der Waals surface area (Å²) in [6, 6.07) is 14.8. The molecule has 0 aliphatic carbocycles. The molecule has 0 saturated carbocycles. The summed E-state index contributed by atoms with van der Waals surface area (Å²) in [7, 11) is 6.34. The second kappa shape index (κ2) is 30.7. The number of carbonyl (C=O) groups is 8. The molecule has 2 aliphatic heterocycles. The number of methoxy groups -OCH3 is 2. The van der Waals surface area contributed by atoms with Crippen LogP contribution >= 0.6 is 0 Å². The van der Waals surface area contributed by atoms with Crippen LogP contribution in [0.15, 0.2) is 54.6 Å². The normalized spacial score (nSPS) is 19.3. The van der Waals surface area contributed by atoms with Crippen LogP contribution in [0.3, 0.4) is 0 Å². The molecular weight excluding hydrogens is 981 g/mol. The van der Waals surface area contributed by atoms with Crippen molar-refractivity contribution in [1.82, 2.24) is 19.6 Å². The number of amides is 5. The summed E-state index contributed by atoms with van der Waals surface area (Å²) >= 11 is 0. The standard InChI is InChI=1S/C61H92N4O12/c1-14-40(6)56(52(75-12)36-54(70)64-31-21-25-49(64)58(76-13)43(9)50(67)32-41(7)57(71)46-22-17-15-18-23-46)62(10)60(73)48(38(2)3)35-51(68)55(39(4)5)63(11)61(74)77-37-45-28-26-44(27-29-45)34-47(66)24-19-16-20-30-65-53(69)33-42(8)59(65)72/h15,17-18,22-23,26-29,38-43,48-49,52,55-58,71H,14,16,19-21,24-25,30-37H2,1-13H3/t40-,41-,42?,43-,48-,49-,52+,55-,56-,57+,58+/m0/s1. The van der Waals surface area contributed by atoms with Crippen molar-refractivity contribution >= 4 is 47.1 Å². The number of nitrogens with zero attached hydrogens (tertiary/aromatic N) is 4. The molecule has 11 atom stereocenters. The van der Waals surface area contributed by atoms with Crippen LogP contribution in [-0.4, -0.2) is 144 Å². The average molecular weight is 1070 g/mol. The van der Waals surface area contributed by atoms with E-state index in [4.69, 9.17) is 14.2 Å². The Labute approximate surface area is 459 Å². The van der Waals surface area contributed by atoms with E-state index in [-0.39, 0.29) is 115 Å². The third-order valence-electron chi connectivity index (χ3n) is 16.4. The molecule has 2 heterocycles. The van der Waals surface area contributed by atoms with Gasteiger partial charge in [0.15, 0.2) is 5.78 Å². The first kappa shape index (κ1) is 64.2. The molecule has 2 aromatic carbocycles. The fourth-order valence-electron chi connectivity index (χ4n) is 11.5. The van der Waals surface area contributed by atoms with E-state index in [1.165, 1.54) is 16.8 Å². The van der Waals surface area contributed by atoms with E-state index < -0.39 is 48.3 Å². The number of likely N-dealkylation sites (N-methyl/N-ethyl adjacent to an activating group) is 2. The van der Waals surface area contributed by atoms with Gasteiger partial charge in [-0.15, -0.1) is 0 Å². The highest BCUT2D eigenvalue weighted by molar-refractivity contribution is 6.03. The maximum absolute atomic E-state index is 14.8. The van der Waals surface area contributed by atoms with Gasteiger partial charge in [-0.1, -0.05) is 130 Å². The number of hydrogen-bond acceptors (Lipinski definition) is 12. The Hall–Kier alpha value is -5.32. The largest absolute Gasteiger partial charge is 0.445 e. The summed E-state index contributed by atoms with van der Waals surface area (Å²) in [4.78, 5) is 114. The van der Waals surface area contributed by atoms with Crippen molar-refractivity contribution in [2.45, 2.75) is 182 Å². The van der Waals surface area contributed by atoms with E-state index in [1.807, 2.05) is 97.9 Å². The second-order valence-corrected chi connectivity index (χ2v) is 22.8. The van der Waals surface area contributed by atoms with Gasteiger partial charge in [0, 0.05) is 91.3 Å². The van der Waals surface area contributed by atoms with Crippen molar-refractivity contribution in [2.75, 3.05) is 41.4 Å². The van der Waals surface area contributed by atoms with Gasteiger partial charge < -0.3 is 34.0 Å². The molecule has 16 nitrogen and oxygen atoms in total. The van der Waals surface area contributed by atoms with Gasteiger partial charge in [-0.3, -0.25) is 38.5 Å². The molecule has 1 N–H and O–H groups in total. The van der Waals surface area contributed by atoms with E-state index in [1.54, 1.807) is 50.1 Å². The van der Waals surface area contributed by atoms with Crippen molar-refractivity contribution in [1.29, 1.82) is 0 Å². The van der Waals surface area contributed by atoms with Gasteiger partial charge in [-0.25, -0.2) is 4.79 Å². The number of carbonyl (C=O) groups excluding carboxylic acids is 8. The number of ether oxygens (including phenoxy) is 3. The average Bonchev–Trinajstić information content (AvgIpc) is 3.98. The zero-order chi connectivity index (χ0) is 57.3. The molecule has 2 fully saturated rings. The highest BCUT2D eigenvalue weighted by Crippen LogP contribution is 2.33. The monoisotopic (exact) mass is 1070 g/mol. The molecule has 4 rings (SSSR count). The van der Waals surface area contributed by atoms with Gasteiger partial charge in [0.2, 0.25) is 23.6 Å². The van der Waals surface area contributed by atoms with Crippen molar-refractivity contribution in [3.05, 3.63) is 71.3 Å². The van der Waals surface area contributed by atoms with Crippen LogP contribution in [0.2, 0.25) is 0 Å². The summed E-state index contributed by atoms with van der Waals surface area (Å²) in [6.45, 7) is 17.8. The molecule has 77 heavy (non-hydrogen) atoms. The molecule has 0 radical (unpaired) electrons. The predicted octanol–water partition coefficient (Wildman–Crippen LogP) is 8.83. The van der Waals surface area contributed by atoms with Crippen molar-refractivity contribution < 1.29 is 57.7 Å². The molecule has 0 spiro atoms. The van der Waals surface area contributed by atoms with E-state index in [2.05, 4.69) is 0 Å². The molecule has 428 valence electrons. The highest BCUT2D eigenvalue weighted by Gasteiger charge is 2.44. The second-order valence-electron chi connectivity index (χ2n) is 22.8. The lowest BCUT2D eigenvalue weighted by atomic mass is 9.83. The van der Waals surface area contributed by atoms with Crippen LogP contribution in [0.25, 0.3) is 0 Å². The fourth-order valence-corrected chi connectivity index (χ4v) is 11.5. The summed E-state index contributed by atoms with van der Waals surface area (Å²) in [5.74, 6) is -3.44. The number of Topliss-reactive ketones (excluding diaryl/α,β-unsaturated/α-hetero) is 3. The van der Waals surface area contributed by atoms with Crippen LogP contribution in [0.4, 0.5) is 4.79 Å². The zero-order valence-electron chi connectivity index (χ0n) is 48.5. The van der Waals surface area contributed by atoms with Crippen LogP contribution in [0, 0.1) is 41.4 Å². The molecule has 16 heteroatoms. The third kappa shape index (κ3) is 17.6. The Balaban J connectivity index is 1.34. The minimum atomic E-state index is -0.884. The molecule has 1 unspecified atom stereocenters. The quantitative estimate of drug-likeness (QED) is 0.0541. The molecule has 2 aliphatic rings. The molecule has 5 amide bonds. The number of imide groups is 1. The first-order valence-electron chi connectivity index (χ1n) is 28.2. The van der Waals surface area contributed by atoms with Gasteiger partial charge in [-0.2, -0.15) is 0 Å². The lowest BCUT2D eigenvalue weighted by Gasteiger charge is -2.41. The van der Waals surface area contributed by atoms with Crippen LogP contribution < -0.4 is 0 Å². The van der Waals surface area contributed by atoms with Gasteiger partial charge in [-0.05, 0) is 66.0 Å². The molecule has 0 bridgehead atoms. The minimum absolute atomic E-state index is 0.0206. The molecular formula is C61H92N4O12. The molecule has 2 saturated heterocycles. The minimum Gasteiger partial charge on any atom is -0.445 e. The number of aliphatic hydroxyl groups is 1. The van der Waals surface area contributed by atoms with E-state index in [0.717, 1.165) is 24.0 Å². The Kier molecular flexibility index (Phi) is 25.6. The molecule has 2 aromatic rings. The van der Waals surface area contributed by atoms with Gasteiger partial charge in [0.25, 0.3) is 0 Å². The van der Waals surface area contributed by atoms with Crippen LogP contribution in [-0.2, 0) is 60.8 Å². The Morgan fingerprint density at radius 3 is 1.99 bits per heavy atom. The van der Waals surface area contributed by atoms with Crippen LogP contribution in [0.5, 0.6) is 0 Å². The predicted molar refractivity (Wildman–Crippen MR) is 295 cm³/mol. The number of likely N-dealkylation sites (tertiary alicyclic amines) is 2. The fraction of sp³-hybridized carbons (Fsp3) is 0.672. The topological polar surface area (TPSA) is 197 Å². The first-order valence-corrected chi connectivity index (χ1v) is 28.2.